The summed E-state index contributed by atoms with van der Waals surface area (Å²) >= 11 is 3.32. The maximum atomic E-state index is 12.6. The number of thiophene rings is 2. The zero-order chi connectivity index (χ0) is 25.7. The fourth-order valence-electron chi connectivity index (χ4n) is 3.10. The lowest BCUT2D eigenvalue weighted by Gasteiger charge is -2.39. The number of rotatable bonds is 8. The van der Waals surface area contributed by atoms with Crippen LogP contribution < -0.4 is 9.55 Å². The average molecular weight is 502 g/mol. The van der Waals surface area contributed by atoms with Crippen LogP contribution in [0.5, 0.6) is 0 Å². The molecule has 0 aliphatic rings. The third-order valence-electron chi connectivity index (χ3n) is 7.23. The van der Waals surface area contributed by atoms with Crippen molar-refractivity contribution in [2.45, 2.75) is 79.1 Å². The van der Waals surface area contributed by atoms with Crippen molar-refractivity contribution >= 4 is 73.3 Å². The van der Waals surface area contributed by atoms with Crippen LogP contribution in [-0.2, 0) is 14.0 Å². The molecular formula is C25H36B2O5S2. The Labute approximate surface area is 212 Å². The molecule has 1 N–H and O–H groups in total. The van der Waals surface area contributed by atoms with Crippen LogP contribution in [0.4, 0.5) is 0 Å². The summed E-state index contributed by atoms with van der Waals surface area (Å²) in [5, 5.41) is 12.3. The highest BCUT2D eigenvalue weighted by atomic mass is 32.1. The van der Waals surface area contributed by atoms with E-state index >= 15 is 0 Å². The van der Waals surface area contributed by atoms with Gasteiger partial charge in [0.2, 0.25) is 0 Å². The molecule has 0 radical (unpaired) electrons. The van der Waals surface area contributed by atoms with Crippen molar-refractivity contribution in [3.63, 3.8) is 0 Å². The molecule has 0 saturated heterocycles. The fraction of sp³-hybridized carbons (Fsp3) is 0.560. The van der Waals surface area contributed by atoms with Crippen LogP contribution in [0.15, 0.2) is 18.2 Å². The summed E-state index contributed by atoms with van der Waals surface area (Å²) < 4.78 is 21.8. The summed E-state index contributed by atoms with van der Waals surface area (Å²) in [5.74, 6) is -0.355. The predicted octanol–water partition coefficient (Wildman–Crippen LogP) is 4.26. The molecule has 34 heavy (non-hydrogen) atoms. The fourth-order valence-corrected chi connectivity index (χ4v) is 5.40. The van der Waals surface area contributed by atoms with Gasteiger partial charge in [0.05, 0.1) is 38.9 Å². The molecule has 9 heteroatoms. The Balaban J connectivity index is 2.00. The quantitative estimate of drug-likeness (QED) is 0.369. The number of carbonyl (C=O) groups excluding carboxylic acids is 1. The van der Waals surface area contributed by atoms with Crippen LogP contribution in [0.3, 0.4) is 0 Å². The summed E-state index contributed by atoms with van der Waals surface area (Å²) in [4.78, 5) is 12.6. The Morgan fingerprint density at radius 3 is 1.88 bits per heavy atom. The highest BCUT2D eigenvalue weighted by Gasteiger charge is 2.36. The molecule has 3 aromatic rings. The largest absolute Gasteiger partial charge is 0.465 e. The minimum Gasteiger partial charge on any atom is -0.465 e. The minimum atomic E-state index is -0.988. The van der Waals surface area contributed by atoms with Crippen molar-refractivity contribution in [2.75, 3.05) is 7.11 Å². The molecule has 0 bridgehead atoms. The van der Waals surface area contributed by atoms with Crippen LogP contribution in [0.2, 0.25) is 0 Å². The molecule has 5 nitrogen and oxygen atoms in total. The van der Waals surface area contributed by atoms with E-state index in [4.69, 9.17) is 14.0 Å². The van der Waals surface area contributed by atoms with E-state index in [0.29, 0.717) is 20.5 Å². The zero-order valence-electron chi connectivity index (χ0n) is 22.0. The van der Waals surface area contributed by atoms with Crippen molar-refractivity contribution in [1.82, 2.24) is 0 Å². The standard InChI is InChI=1S/C25H36B2O5S2/c1-22(2,3)24(6,7)31-26-17-12-14-11-16(21(28)30-10)15-13-18(34-20(15)19(14)33-17)27-32-25(8,9)23(4,5)29/h11-13,26-27,29H,1-10H3. The number of benzene rings is 1. The molecule has 2 heterocycles. The van der Waals surface area contributed by atoms with Gasteiger partial charge in [-0.05, 0) is 70.5 Å². The van der Waals surface area contributed by atoms with E-state index in [-0.39, 0.29) is 17.0 Å². The molecule has 1 aromatic carbocycles. The molecule has 3 rings (SSSR count). The summed E-state index contributed by atoms with van der Waals surface area (Å²) in [6, 6.07) is 6.03. The number of carbonyl (C=O) groups is 1. The molecule has 184 valence electrons. The number of fused-ring (bicyclic) bond motifs is 3. The van der Waals surface area contributed by atoms with E-state index in [1.165, 1.54) is 7.11 Å². The van der Waals surface area contributed by atoms with E-state index in [0.717, 1.165) is 29.7 Å². The van der Waals surface area contributed by atoms with Gasteiger partial charge < -0.3 is 19.2 Å². The SMILES string of the molecule is COC(=O)c1cc2cc(BOC(C)(C)C(C)(C)C)sc2c2sc(BOC(C)(C)C(C)(C)O)cc12. The van der Waals surface area contributed by atoms with Gasteiger partial charge in [-0.1, -0.05) is 20.8 Å². The first kappa shape index (κ1) is 27.2. The zero-order valence-corrected chi connectivity index (χ0v) is 23.7. The van der Waals surface area contributed by atoms with Crippen molar-refractivity contribution in [3.05, 3.63) is 23.8 Å². The number of esters is 1. The highest BCUT2D eigenvalue weighted by molar-refractivity contribution is 7.34. The number of ether oxygens (including phenoxy) is 1. The van der Waals surface area contributed by atoms with E-state index in [1.807, 2.05) is 26.0 Å². The van der Waals surface area contributed by atoms with Gasteiger partial charge in [-0.25, -0.2) is 4.79 Å². The topological polar surface area (TPSA) is 65.0 Å². The summed E-state index contributed by atoms with van der Waals surface area (Å²) in [7, 11) is 2.27. The highest BCUT2D eigenvalue weighted by Crippen LogP contribution is 2.36. The van der Waals surface area contributed by atoms with Crippen LogP contribution in [0.25, 0.3) is 20.2 Å². The number of hydrogen-bond acceptors (Lipinski definition) is 7. The maximum Gasteiger partial charge on any atom is 0.338 e. The first-order valence-corrected chi connectivity index (χ1v) is 13.2. The molecule has 2 aromatic heterocycles. The smallest absolute Gasteiger partial charge is 0.338 e. The van der Waals surface area contributed by atoms with Gasteiger partial charge in [0.25, 0.3) is 0 Å². The summed E-state index contributed by atoms with van der Waals surface area (Å²) in [5.41, 5.74) is -1.44. The Morgan fingerprint density at radius 1 is 0.824 bits per heavy atom. The molecule has 0 atom stereocenters. The minimum absolute atomic E-state index is 0.00850. The Hall–Kier alpha value is -1.38. The van der Waals surface area contributed by atoms with Crippen LogP contribution in [-0.4, -0.2) is 50.0 Å². The van der Waals surface area contributed by atoms with Crippen LogP contribution >= 0.6 is 22.7 Å². The third kappa shape index (κ3) is 5.39. The van der Waals surface area contributed by atoms with Gasteiger partial charge in [0.1, 0.15) is 0 Å². The number of methoxy groups -OCH3 is 1. The lowest BCUT2D eigenvalue weighted by molar-refractivity contribution is -0.0892. The second-order valence-corrected chi connectivity index (χ2v) is 13.7. The normalized spacial score (nSPS) is 13.5. The van der Waals surface area contributed by atoms with Crippen molar-refractivity contribution < 1.29 is 23.9 Å². The van der Waals surface area contributed by atoms with Gasteiger partial charge in [0.15, 0.2) is 0 Å². The van der Waals surface area contributed by atoms with E-state index in [2.05, 4.69) is 40.7 Å². The molecule has 0 unspecified atom stereocenters. The van der Waals surface area contributed by atoms with Gasteiger partial charge in [0, 0.05) is 14.9 Å². The van der Waals surface area contributed by atoms with Crippen LogP contribution in [0, 0.1) is 5.41 Å². The number of aliphatic hydroxyl groups is 1. The van der Waals surface area contributed by atoms with E-state index < -0.39 is 11.2 Å². The molecular weight excluding hydrogens is 466 g/mol. The monoisotopic (exact) mass is 502 g/mol. The molecule has 0 saturated carbocycles. The van der Waals surface area contributed by atoms with Crippen LogP contribution in [0.1, 0.15) is 72.7 Å². The van der Waals surface area contributed by atoms with Gasteiger partial charge in [-0.3, -0.25) is 0 Å². The lowest BCUT2D eigenvalue weighted by Crippen LogP contribution is -2.49. The molecule has 0 amide bonds. The van der Waals surface area contributed by atoms with Gasteiger partial charge in [-0.2, -0.15) is 0 Å². The third-order valence-corrected chi connectivity index (χ3v) is 9.62. The first-order chi connectivity index (χ1) is 15.5. The average Bonchev–Trinajstić information content (AvgIpc) is 3.31. The Morgan fingerprint density at radius 2 is 1.35 bits per heavy atom. The molecule has 0 aliphatic carbocycles. The summed E-state index contributed by atoms with van der Waals surface area (Å²) in [6.45, 7) is 18.0. The van der Waals surface area contributed by atoms with Gasteiger partial charge in [-0.15, -0.1) is 22.7 Å². The van der Waals surface area contributed by atoms with Gasteiger partial charge >= 0.3 is 20.9 Å². The molecule has 0 fully saturated rings. The maximum absolute atomic E-state index is 12.6. The second-order valence-electron chi connectivity index (χ2n) is 11.4. The number of hydrogen-bond donors (Lipinski definition) is 1. The van der Waals surface area contributed by atoms with Crippen molar-refractivity contribution in [3.8, 4) is 0 Å². The molecule has 0 aliphatic heterocycles. The van der Waals surface area contributed by atoms with Crippen molar-refractivity contribution in [1.29, 1.82) is 0 Å². The Kier molecular flexibility index (Phi) is 7.40. The summed E-state index contributed by atoms with van der Waals surface area (Å²) in [6.07, 6.45) is 0. The first-order valence-electron chi connectivity index (χ1n) is 11.5. The van der Waals surface area contributed by atoms with E-state index in [1.54, 1.807) is 36.5 Å². The Bertz CT molecular complexity index is 1200. The van der Waals surface area contributed by atoms with Crippen molar-refractivity contribution in [2.24, 2.45) is 5.41 Å². The lowest BCUT2D eigenvalue weighted by atomic mass is 9.77. The van der Waals surface area contributed by atoms with E-state index in [9.17, 15) is 9.90 Å². The second kappa shape index (κ2) is 9.25. The predicted molar refractivity (Wildman–Crippen MR) is 148 cm³/mol. The molecule has 0 spiro atoms.